The molecule has 0 aliphatic carbocycles. The van der Waals surface area contributed by atoms with Gasteiger partial charge in [-0.15, -0.1) is 6.58 Å². The average molecular weight is 368 g/mol. The highest BCUT2D eigenvalue weighted by Crippen LogP contribution is 2.46. The van der Waals surface area contributed by atoms with Crippen molar-refractivity contribution >= 4 is 18.2 Å². The largest absolute Gasteiger partial charge is 0.466 e. The lowest BCUT2D eigenvalue weighted by molar-refractivity contribution is -0.334. The first-order valence-electron chi connectivity index (χ1n) is 8.49. The van der Waals surface area contributed by atoms with Gasteiger partial charge in [-0.3, -0.25) is 4.79 Å². The molecule has 1 saturated heterocycles. The van der Waals surface area contributed by atoms with E-state index in [2.05, 4.69) is 6.58 Å². The third-order valence-electron chi connectivity index (χ3n) is 4.46. The fraction of sp³-hybridized carbons (Fsp3) is 0.632. The zero-order chi connectivity index (χ0) is 20.0. The van der Waals surface area contributed by atoms with Crippen LogP contribution in [0.25, 0.3) is 0 Å². The van der Waals surface area contributed by atoms with Crippen molar-refractivity contribution in [3.63, 3.8) is 0 Å². The molecule has 0 saturated carbocycles. The predicted octanol–water partition coefficient (Wildman–Crippen LogP) is 2.34. The number of hydrogen-bond acceptors (Lipinski definition) is 7. The highest BCUT2D eigenvalue weighted by atomic mass is 16.7. The number of methoxy groups -OCH3 is 2. The second-order valence-corrected chi connectivity index (χ2v) is 6.65. The second-order valence-electron chi connectivity index (χ2n) is 6.65. The molecule has 0 aromatic rings. The maximum absolute atomic E-state index is 12.0. The first kappa shape index (κ1) is 22.1. The molecule has 0 bridgehead atoms. The standard InChI is InChI=1S/C19H28O7/c1-7-9-14-10-13(11-16(22)23-5)17(25-15(21)8-2)19(24-6,26-14)18(3,4)12-20/h7,11-12,14,17H,1,8-10H2,2-6H3/b13-11+/t14-,17+,19-/m1/s1. The Morgan fingerprint density at radius 1 is 1.38 bits per heavy atom. The predicted molar refractivity (Wildman–Crippen MR) is 94.2 cm³/mol. The molecule has 1 rings (SSSR count). The smallest absolute Gasteiger partial charge is 0.330 e. The summed E-state index contributed by atoms with van der Waals surface area (Å²) in [5.74, 6) is -2.68. The van der Waals surface area contributed by atoms with Crippen LogP contribution in [0.3, 0.4) is 0 Å². The first-order valence-corrected chi connectivity index (χ1v) is 8.49. The fourth-order valence-electron chi connectivity index (χ4n) is 2.99. The molecule has 0 unspecified atom stereocenters. The van der Waals surface area contributed by atoms with E-state index in [1.165, 1.54) is 20.3 Å². The fourth-order valence-corrected chi connectivity index (χ4v) is 2.99. The lowest BCUT2D eigenvalue weighted by Crippen LogP contribution is -2.63. The molecule has 26 heavy (non-hydrogen) atoms. The SMILES string of the molecule is C=CC[C@@H]1C/C(=C\C(=O)OC)[C@H](OC(=O)CC)[C@](OC)(C(C)(C)C=O)O1. The lowest BCUT2D eigenvalue weighted by atomic mass is 9.75. The normalized spacial score (nSPS) is 27.7. The summed E-state index contributed by atoms with van der Waals surface area (Å²) < 4.78 is 22.1. The number of carbonyl (C=O) groups is 3. The minimum atomic E-state index is -1.59. The molecule has 0 aromatic carbocycles. The second kappa shape index (κ2) is 9.09. The van der Waals surface area contributed by atoms with E-state index in [4.69, 9.17) is 18.9 Å². The van der Waals surface area contributed by atoms with E-state index in [1.807, 2.05) is 0 Å². The Morgan fingerprint density at radius 2 is 2.04 bits per heavy atom. The third-order valence-corrected chi connectivity index (χ3v) is 4.46. The Morgan fingerprint density at radius 3 is 2.50 bits per heavy atom. The van der Waals surface area contributed by atoms with E-state index < -0.39 is 35.3 Å². The number of rotatable bonds is 8. The van der Waals surface area contributed by atoms with Gasteiger partial charge in [0.25, 0.3) is 0 Å². The van der Waals surface area contributed by atoms with E-state index in [0.717, 1.165) is 0 Å². The van der Waals surface area contributed by atoms with Crippen LogP contribution < -0.4 is 0 Å². The molecule has 0 radical (unpaired) electrons. The van der Waals surface area contributed by atoms with Gasteiger partial charge < -0.3 is 23.7 Å². The van der Waals surface area contributed by atoms with E-state index in [1.54, 1.807) is 26.8 Å². The van der Waals surface area contributed by atoms with E-state index in [9.17, 15) is 14.4 Å². The van der Waals surface area contributed by atoms with Crippen LogP contribution in [0.4, 0.5) is 0 Å². The molecular weight excluding hydrogens is 340 g/mol. The monoisotopic (exact) mass is 368 g/mol. The van der Waals surface area contributed by atoms with Crippen LogP contribution in [0.1, 0.15) is 40.0 Å². The molecular formula is C19H28O7. The molecule has 0 amide bonds. The molecule has 1 aliphatic heterocycles. The average Bonchev–Trinajstić information content (AvgIpc) is 2.63. The summed E-state index contributed by atoms with van der Waals surface area (Å²) >= 11 is 0. The molecule has 1 fully saturated rings. The number of aldehydes is 1. The van der Waals surface area contributed by atoms with Crippen molar-refractivity contribution in [2.45, 2.75) is 58.0 Å². The zero-order valence-corrected chi connectivity index (χ0v) is 16.1. The lowest BCUT2D eigenvalue weighted by Gasteiger charge is -2.51. The van der Waals surface area contributed by atoms with Crippen LogP contribution in [0.15, 0.2) is 24.3 Å². The van der Waals surface area contributed by atoms with Crippen molar-refractivity contribution in [1.29, 1.82) is 0 Å². The van der Waals surface area contributed by atoms with Gasteiger partial charge in [-0.25, -0.2) is 4.79 Å². The van der Waals surface area contributed by atoms with Crippen LogP contribution in [0.2, 0.25) is 0 Å². The van der Waals surface area contributed by atoms with Crippen molar-refractivity contribution in [3.05, 3.63) is 24.3 Å². The summed E-state index contributed by atoms with van der Waals surface area (Å²) in [7, 11) is 2.63. The van der Waals surface area contributed by atoms with Gasteiger partial charge in [0.1, 0.15) is 6.29 Å². The zero-order valence-electron chi connectivity index (χ0n) is 16.1. The van der Waals surface area contributed by atoms with Crippen LogP contribution in [-0.2, 0) is 33.3 Å². The minimum Gasteiger partial charge on any atom is -0.466 e. The van der Waals surface area contributed by atoms with Crippen molar-refractivity contribution in [2.75, 3.05) is 14.2 Å². The van der Waals surface area contributed by atoms with Gasteiger partial charge in [-0.1, -0.05) is 13.0 Å². The topological polar surface area (TPSA) is 88.1 Å². The van der Waals surface area contributed by atoms with E-state index >= 15 is 0 Å². The molecule has 0 N–H and O–H groups in total. The number of ether oxygens (including phenoxy) is 4. The molecule has 3 atom stereocenters. The van der Waals surface area contributed by atoms with Crippen LogP contribution >= 0.6 is 0 Å². The Hall–Kier alpha value is -1.99. The van der Waals surface area contributed by atoms with Crippen molar-refractivity contribution < 1.29 is 33.3 Å². The highest BCUT2D eigenvalue weighted by Gasteiger charge is 2.59. The third kappa shape index (κ3) is 4.40. The van der Waals surface area contributed by atoms with Gasteiger partial charge in [0.15, 0.2) is 6.10 Å². The summed E-state index contributed by atoms with van der Waals surface area (Å²) in [4.78, 5) is 35.7. The molecule has 146 valence electrons. The van der Waals surface area contributed by atoms with Gasteiger partial charge in [0.2, 0.25) is 5.79 Å². The number of carbonyl (C=O) groups excluding carboxylic acids is 3. The Kier molecular flexibility index (Phi) is 7.71. The maximum Gasteiger partial charge on any atom is 0.330 e. The molecule has 0 aromatic heterocycles. The Labute approximate surface area is 154 Å². The molecule has 0 spiro atoms. The maximum atomic E-state index is 12.0. The summed E-state index contributed by atoms with van der Waals surface area (Å²) in [5, 5.41) is 0. The summed E-state index contributed by atoms with van der Waals surface area (Å²) in [6, 6.07) is 0. The summed E-state index contributed by atoms with van der Waals surface area (Å²) in [5.41, 5.74) is -0.705. The van der Waals surface area contributed by atoms with Crippen molar-refractivity contribution in [2.24, 2.45) is 5.41 Å². The van der Waals surface area contributed by atoms with Crippen molar-refractivity contribution in [3.8, 4) is 0 Å². The quantitative estimate of drug-likeness (QED) is 0.281. The number of esters is 2. The number of hydrogen-bond donors (Lipinski definition) is 0. The molecule has 7 heteroatoms. The van der Waals surface area contributed by atoms with Gasteiger partial charge >= 0.3 is 11.9 Å². The van der Waals surface area contributed by atoms with Crippen LogP contribution in [0.5, 0.6) is 0 Å². The summed E-state index contributed by atoms with van der Waals surface area (Å²) in [6.45, 7) is 8.61. The summed E-state index contributed by atoms with van der Waals surface area (Å²) in [6.07, 6.45) is 3.05. The van der Waals surface area contributed by atoms with Gasteiger partial charge in [-0.05, 0) is 32.3 Å². The minimum absolute atomic E-state index is 0.124. The molecule has 1 aliphatic rings. The Balaban J connectivity index is 3.57. The van der Waals surface area contributed by atoms with Gasteiger partial charge in [0.05, 0.1) is 18.6 Å². The molecule has 7 nitrogen and oxygen atoms in total. The van der Waals surface area contributed by atoms with Gasteiger partial charge in [-0.2, -0.15) is 0 Å². The van der Waals surface area contributed by atoms with E-state index in [-0.39, 0.29) is 6.42 Å². The molecule has 1 heterocycles. The Bertz CT molecular complexity index is 578. The van der Waals surface area contributed by atoms with Crippen LogP contribution in [-0.4, -0.2) is 50.4 Å². The highest BCUT2D eigenvalue weighted by molar-refractivity contribution is 5.83. The van der Waals surface area contributed by atoms with Crippen LogP contribution in [0, 0.1) is 5.41 Å². The van der Waals surface area contributed by atoms with Crippen molar-refractivity contribution in [1.82, 2.24) is 0 Å². The first-order chi connectivity index (χ1) is 12.2. The van der Waals surface area contributed by atoms with E-state index in [0.29, 0.717) is 24.7 Å². The van der Waals surface area contributed by atoms with Gasteiger partial charge in [0, 0.05) is 19.6 Å².